The van der Waals surface area contributed by atoms with E-state index in [1.54, 1.807) is 0 Å². The second-order valence-electron chi connectivity index (χ2n) is 5.63. The van der Waals surface area contributed by atoms with E-state index in [4.69, 9.17) is 4.74 Å². The largest absolute Gasteiger partial charge is 0.378 e. The predicted octanol–water partition coefficient (Wildman–Crippen LogP) is 0.657. The fraction of sp³-hybridized carbons (Fsp3) is 1.00. The summed E-state index contributed by atoms with van der Waals surface area (Å²) in [5, 5.41) is 0. The number of likely N-dealkylation sites (N-methyl/N-ethyl adjacent to an activating group) is 1. The standard InChI is InChI=1S/C12H22N2O/c1-13-3-4-15-8-12(13)10-5-9-6-11(10)14(2)7-9/h9-12H,3-8H2,1-2H3. The van der Waals surface area contributed by atoms with Gasteiger partial charge in [-0.15, -0.1) is 0 Å². The van der Waals surface area contributed by atoms with Gasteiger partial charge in [0, 0.05) is 25.2 Å². The Morgan fingerprint density at radius 1 is 1.07 bits per heavy atom. The van der Waals surface area contributed by atoms with Crippen molar-refractivity contribution in [3.05, 3.63) is 0 Å². The van der Waals surface area contributed by atoms with Gasteiger partial charge >= 0.3 is 0 Å². The molecule has 0 spiro atoms. The monoisotopic (exact) mass is 210 g/mol. The van der Waals surface area contributed by atoms with Crippen LogP contribution in [0.3, 0.4) is 0 Å². The molecule has 2 bridgehead atoms. The van der Waals surface area contributed by atoms with E-state index in [2.05, 4.69) is 23.9 Å². The zero-order valence-electron chi connectivity index (χ0n) is 9.85. The van der Waals surface area contributed by atoms with Crippen molar-refractivity contribution in [3.63, 3.8) is 0 Å². The fourth-order valence-electron chi connectivity index (χ4n) is 3.92. The van der Waals surface area contributed by atoms with Crippen molar-refractivity contribution in [2.45, 2.75) is 24.9 Å². The van der Waals surface area contributed by atoms with Crippen molar-refractivity contribution in [2.24, 2.45) is 11.8 Å². The van der Waals surface area contributed by atoms with Gasteiger partial charge in [0.15, 0.2) is 0 Å². The Morgan fingerprint density at radius 3 is 2.60 bits per heavy atom. The molecule has 0 aromatic rings. The van der Waals surface area contributed by atoms with Crippen molar-refractivity contribution in [2.75, 3.05) is 40.4 Å². The van der Waals surface area contributed by atoms with Crippen LogP contribution in [0.25, 0.3) is 0 Å². The molecule has 2 saturated heterocycles. The molecule has 0 amide bonds. The lowest BCUT2D eigenvalue weighted by Gasteiger charge is -2.42. The smallest absolute Gasteiger partial charge is 0.0625 e. The van der Waals surface area contributed by atoms with E-state index in [0.717, 1.165) is 37.6 Å². The number of hydrogen-bond donors (Lipinski definition) is 0. The van der Waals surface area contributed by atoms with Gasteiger partial charge in [-0.05, 0) is 38.8 Å². The van der Waals surface area contributed by atoms with Gasteiger partial charge in [-0.25, -0.2) is 0 Å². The molecule has 3 heteroatoms. The van der Waals surface area contributed by atoms with Crippen LogP contribution in [0.2, 0.25) is 0 Å². The van der Waals surface area contributed by atoms with Gasteiger partial charge in [-0.1, -0.05) is 0 Å². The number of likely N-dealkylation sites (tertiary alicyclic amines) is 1. The lowest BCUT2D eigenvalue weighted by Crippen LogP contribution is -2.52. The number of nitrogens with zero attached hydrogens (tertiary/aromatic N) is 2. The molecule has 0 aromatic heterocycles. The third-order valence-corrected chi connectivity index (χ3v) is 4.72. The summed E-state index contributed by atoms with van der Waals surface area (Å²) in [6.07, 6.45) is 2.87. The van der Waals surface area contributed by atoms with Crippen LogP contribution in [-0.2, 0) is 4.74 Å². The molecular formula is C12H22N2O. The maximum Gasteiger partial charge on any atom is 0.0625 e. The topological polar surface area (TPSA) is 15.7 Å². The molecule has 2 aliphatic heterocycles. The van der Waals surface area contributed by atoms with Crippen LogP contribution in [0, 0.1) is 11.8 Å². The number of ether oxygens (including phenoxy) is 1. The zero-order chi connectivity index (χ0) is 10.4. The Balaban J connectivity index is 1.72. The SMILES string of the molecule is CN1CCOCC1C1CC2CC1N(C)C2. The highest BCUT2D eigenvalue weighted by Crippen LogP contribution is 2.43. The summed E-state index contributed by atoms with van der Waals surface area (Å²) in [6, 6.07) is 1.51. The summed E-state index contributed by atoms with van der Waals surface area (Å²) in [5.41, 5.74) is 0. The van der Waals surface area contributed by atoms with Crippen LogP contribution in [-0.4, -0.2) is 62.3 Å². The van der Waals surface area contributed by atoms with Gasteiger partial charge in [0.2, 0.25) is 0 Å². The number of hydrogen-bond acceptors (Lipinski definition) is 3. The van der Waals surface area contributed by atoms with Crippen molar-refractivity contribution in [1.29, 1.82) is 0 Å². The van der Waals surface area contributed by atoms with E-state index in [0.29, 0.717) is 6.04 Å². The van der Waals surface area contributed by atoms with Crippen molar-refractivity contribution >= 4 is 0 Å². The summed E-state index contributed by atoms with van der Waals surface area (Å²) >= 11 is 0. The molecule has 2 heterocycles. The van der Waals surface area contributed by atoms with E-state index in [9.17, 15) is 0 Å². The van der Waals surface area contributed by atoms with Gasteiger partial charge < -0.3 is 9.64 Å². The Hall–Kier alpha value is -0.120. The van der Waals surface area contributed by atoms with Crippen LogP contribution in [0.1, 0.15) is 12.8 Å². The molecule has 0 radical (unpaired) electrons. The third kappa shape index (κ3) is 1.61. The fourth-order valence-corrected chi connectivity index (χ4v) is 3.92. The Morgan fingerprint density at radius 2 is 1.93 bits per heavy atom. The Kier molecular flexibility index (Phi) is 2.49. The first-order valence-corrected chi connectivity index (χ1v) is 6.24. The Labute approximate surface area is 92.4 Å². The number of fused-ring (bicyclic) bond motifs is 2. The van der Waals surface area contributed by atoms with Gasteiger partial charge in [0.05, 0.1) is 13.2 Å². The van der Waals surface area contributed by atoms with Crippen molar-refractivity contribution in [3.8, 4) is 0 Å². The molecule has 3 fully saturated rings. The minimum Gasteiger partial charge on any atom is -0.378 e. The summed E-state index contributed by atoms with van der Waals surface area (Å²) in [4.78, 5) is 5.09. The molecule has 4 atom stereocenters. The van der Waals surface area contributed by atoms with Crippen LogP contribution in [0.4, 0.5) is 0 Å². The molecule has 0 aromatic carbocycles. The van der Waals surface area contributed by atoms with Gasteiger partial charge in [-0.2, -0.15) is 0 Å². The molecule has 3 nitrogen and oxygen atoms in total. The molecule has 3 aliphatic rings. The summed E-state index contributed by atoms with van der Waals surface area (Å²) in [5.74, 6) is 1.83. The van der Waals surface area contributed by atoms with Crippen LogP contribution >= 0.6 is 0 Å². The molecular weight excluding hydrogens is 188 g/mol. The van der Waals surface area contributed by atoms with Crippen molar-refractivity contribution < 1.29 is 4.74 Å². The maximum atomic E-state index is 5.65. The van der Waals surface area contributed by atoms with Crippen LogP contribution in [0.5, 0.6) is 0 Å². The predicted molar refractivity (Wildman–Crippen MR) is 59.9 cm³/mol. The minimum absolute atomic E-state index is 0.677. The summed E-state index contributed by atoms with van der Waals surface area (Å²) < 4.78 is 5.65. The molecule has 86 valence electrons. The van der Waals surface area contributed by atoms with Crippen molar-refractivity contribution in [1.82, 2.24) is 9.80 Å². The van der Waals surface area contributed by atoms with Crippen LogP contribution < -0.4 is 0 Å². The summed E-state index contributed by atoms with van der Waals surface area (Å²) in [7, 11) is 4.56. The zero-order valence-corrected chi connectivity index (χ0v) is 9.85. The highest BCUT2D eigenvalue weighted by Gasteiger charge is 2.47. The van der Waals surface area contributed by atoms with E-state index >= 15 is 0 Å². The normalized spacial score (nSPS) is 47.6. The van der Waals surface area contributed by atoms with E-state index in [1.165, 1.54) is 19.4 Å². The lowest BCUT2D eigenvalue weighted by atomic mass is 9.89. The average molecular weight is 210 g/mol. The highest BCUT2D eigenvalue weighted by atomic mass is 16.5. The quantitative estimate of drug-likeness (QED) is 0.632. The molecule has 1 saturated carbocycles. The second kappa shape index (κ2) is 3.72. The number of rotatable bonds is 1. The third-order valence-electron chi connectivity index (χ3n) is 4.72. The van der Waals surface area contributed by atoms with Gasteiger partial charge in [0.25, 0.3) is 0 Å². The second-order valence-corrected chi connectivity index (χ2v) is 5.63. The molecule has 3 rings (SSSR count). The first-order valence-electron chi connectivity index (χ1n) is 6.24. The van der Waals surface area contributed by atoms with Crippen LogP contribution in [0.15, 0.2) is 0 Å². The highest BCUT2D eigenvalue weighted by molar-refractivity contribution is 5.01. The number of morpholine rings is 1. The summed E-state index contributed by atoms with van der Waals surface area (Å²) in [6.45, 7) is 4.32. The van der Waals surface area contributed by atoms with E-state index < -0.39 is 0 Å². The molecule has 1 aliphatic carbocycles. The minimum atomic E-state index is 0.677. The van der Waals surface area contributed by atoms with E-state index in [1.807, 2.05) is 0 Å². The van der Waals surface area contributed by atoms with Gasteiger partial charge in [-0.3, -0.25) is 4.90 Å². The lowest BCUT2D eigenvalue weighted by molar-refractivity contribution is -0.0331. The number of piperidine rings is 1. The Bertz CT molecular complexity index is 246. The molecule has 4 unspecified atom stereocenters. The maximum absolute atomic E-state index is 5.65. The van der Waals surface area contributed by atoms with E-state index in [-0.39, 0.29) is 0 Å². The first-order chi connectivity index (χ1) is 7.25. The van der Waals surface area contributed by atoms with Gasteiger partial charge in [0.1, 0.15) is 0 Å². The average Bonchev–Trinajstić information content (AvgIpc) is 2.76. The first kappa shape index (κ1) is 10.1. The molecule has 15 heavy (non-hydrogen) atoms. The molecule has 0 N–H and O–H groups in total.